The van der Waals surface area contributed by atoms with E-state index in [9.17, 15) is 14.4 Å². The number of fused-ring (bicyclic) bond motifs is 9. The number of anilines is 3. The molecule has 4 aliphatic heterocycles. The number of ether oxygens (including phenoxy) is 1. The Morgan fingerprint density at radius 2 is 1.65 bits per heavy atom. The lowest BCUT2D eigenvalue weighted by Gasteiger charge is -2.44. The number of piperidine rings is 2. The molecule has 15 nitrogen and oxygen atoms in total. The minimum Gasteiger partial charge on any atom is -0.477 e. The molecule has 0 radical (unpaired) electrons. The number of amides is 3. The third kappa shape index (κ3) is 7.68. The van der Waals surface area contributed by atoms with Crippen molar-refractivity contribution in [3.63, 3.8) is 0 Å². The molecule has 1 aromatic carbocycles. The fourth-order valence-corrected chi connectivity index (χ4v) is 10.8. The number of aryl methyl sites for hydroxylation is 4. The summed E-state index contributed by atoms with van der Waals surface area (Å²) in [7, 11) is 1.88. The van der Waals surface area contributed by atoms with Gasteiger partial charge in [-0.2, -0.15) is 5.10 Å². The highest BCUT2D eigenvalue weighted by molar-refractivity contribution is 6.05. The molecule has 3 saturated heterocycles. The van der Waals surface area contributed by atoms with Gasteiger partial charge in [0.15, 0.2) is 0 Å². The zero-order valence-corrected chi connectivity index (χ0v) is 36.3. The fraction of sp³-hybridized carbons (Fsp3) is 0.511. The average molecular weight is 840 g/mol. The molecular formula is C47H57N11O4. The number of hydrogen-bond donors (Lipinski definition) is 2. The third-order valence-corrected chi connectivity index (χ3v) is 14.1. The fourth-order valence-electron chi connectivity index (χ4n) is 10.8. The van der Waals surface area contributed by atoms with Crippen molar-refractivity contribution in [1.82, 2.24) is 39.5 Å². The Kier molecular flexibility index (Phi) is 10.7. The summed E-state index contributed by atoms with van der Waals surface area (Å²) >= 11 is 0. The van der Waals surface area contributed by atoms with Gasteiger partial charge >= 0.3 is 0 Å². The zero-order valence-electron chi connectivity index (χ0n) is 36.3. The summed E-state index contributed by atoms with van der Waals surface area (Å²) in [6, 6.07) is 12.8. The molecule has 0 spiro atoms. The van der Waals surface area contributed by atoms with Crippen molar-refractivity contribution in [3.8, 4) is 17.1 Å². The summed E-state index contributed by atoms with van der Waals surface area (Å²) in [6.45, 7) is 13.4. The lowest BCUT2D eigenvalue weighted by molar-refractivity contribution is -0.134. The van der Waals surface area contributed by atoms with Crippen molar-refractivity contribution in [2.75, 3.05) is 61.0 Å². The van der Waals surface area contributed by atoms with Crippen LogP contribution in [0.1, 0.15) is 90.8 Å². The van der Waals surface area contributed by atoms with Crippen LogP contribution in [0.15, 0.2) is 42.6 Å². The monoisotopic (exact) mass is 839 g/mol. The molecule has 15 heteroatoms. The number of nitrogens with one attached hydrogen (secondary N) is 2. The van der Waals surface area contributed by atoms with Crippen LogP contribution in [0.2, 0.25) is 0 Å². The van der Waals surface area contributed by atoms with Crippen LogP contribution in [0.3, 0.4) is 0 Å². The molecule has 5 aromatic rings. The van der Waals surface area contributed by atoms with Gasteiger partial charge in [0.1, 0.15) is 0 Å². The molecule has 10 rings (SSSR count). The summed E-state index contributed by atoms with van der Waals surface area (Å²) in [6.07, 6.45) is 8.90. The largest absolute Gasteiger partial charge is 0.477 e. The van der Waals surface area contributed by atoms with Gasteiger partial charge in [0.2, 0.25) is 23.6 Å². The normalized spacial score (nSPS) is 22.7. The van der Waals surface area contributed by atoms with Crippen LogP contribution in [0, 0.1) is 25.7 Å². The molecule has 5 aliphatic rings. The molecule has 4 fully saturated rings. The number of nitrogens with zero attached hydrogens (tertiary/aromatic N) is 9. The molecule has 1 unspecified atom stereocenters. The van der Waals surface area contributed by atoms with Crippen LogP contribution in [-0.4, -0.2) is 104 Å². The van der Waals surface area contributed by atoms with Crippen molar-refractivity contribution in [1.29, 1.82) is 0 Å². The summed E-state index contributed by atoms with van der Waals surface area (Å²) in [5.41, 5.74) is 9.98. The van der Waals surface area contributed by atoms with Gasteiger partial charge in [0, 0.05) is 82.3 Å². The van der Waals surface area contributed by atoms with Crippen LogP contribution in [0.4, 0.5) is 17.3 Å². The molecule has 2 N–H and O–H groups in total. The van der Waals surface area contributed by atoms with E-state index in [4.69, 9.17) is 19.7 Å². The molecule has 4 aromatic heterocycles. The summed E-state index contributed by atoms with van der Waals surface area (Å²) in [4.78, 5) is 60.8. The van der Waals surface area contributed by atoms with Crippen molar-refractivity contribution >= 4 is 46.1 Å². The maximum absolute atomic E-state index is 14.0. The number of rotatable bonds is 5. The molecule has 324 valence electrons. The first kappa shape index (κ1) is 40.3. The number of imide groups is 1. The average Bonchev–Trinajstić information content (AvgIpc) is 3.98. The molecule has 4 bridgehead atoms. The first-order chi connectivity index (χ1) is 30.1. The third-order valence-electron chi connectivity index (χ3n) is 14.1. The van der Waals surface area contributed by atoms with E-state index >= 15 is 0 Å². The molecule has 62 heavy (non-hydrogen) atoms. The number of carbonyl (C=O) groups excluding carboxylic acids is 3. The summed E-state index contributed by atoms with van der Waals surface area (Å²) in [5.74, 6) is 1.08. The Labute approximate surface area is 362 Å². The number of carbonyl (C=O) groups is 3. The smallest absolute Gasteiger partial charge is 0.258 e. The predicted octanol–water partition coefficient (Wildman–Crippen LogP) is 5.78. The molecule has 8 heterocycles. The Morgan fingerprint density at radius 1 is 0.839 bits per heavy atom. The second kappa shape index (κ2) is 16.5. The van der Waals surface area contributed by atoms with E-state index in [1.54, 1.807) is 10.9 Å². The topological polar surface area (TPSA) is 156 Å². The van der Waals surface area contributed by atoms with Crippen molar-refractivity contribution in [2.45, 2.75) is 90.6 Å². The van der Waals surface area contributed by atoms with E-state index in [0.29, 0.717) is 60.4 Å². The van der Waals surface area contributed by atoms with Gasteiger partial charge in [-0.05, 0) is 113 Å². The van der Waals surface area contributed by atoms with Crippen LogP contribution >= 0.6 is 0 Å². The van der Waals surface area contributed by atoms with Gasteiger partial charge in [0.05, 0.1) is 58.1 Å². The predicted molar refractivity (Wildman–Crippen MR) is 238 cm³/mol. The lowest BCUT2D eigenvalue weighted by atomic mass is 9.92. The molecule has 3 amide bonds. The number of benzene rings is 1. The van der Waals surface area contributed by atoms with Crippen LogP contribution < -0.4 is 25.2 Å². The number of piperazine rings is 1. The number of pyridine rings is 2. The van der Waals surface area contributed by atoms with E-state index in [2.05, 4.69) is 73.1 Å². The first-order valence-corrected chi connectivity index (χ1v) is 22.6. The van der Waals surface area contributed by atoms with Gasteiger partial charge in [-0.3, -0.25) is 39.9 Å². The Balaban J connectivity index is 0.829. The Hall–Kier alpha value is -5.83. The summed E-state index contributed by atoms with van der Waals surface area (Å²) in [5, 5.41) is 10.2. The maximum atomic E-state index is 14.0. The summed E-state index contributed by atoms with van der Waals surface area (Å²) < 4.78 is 10.4. The molecule has 1 saturated carbocycles. The van der Waals surface area contributed by atoms with Gasteiger partial charge in [-0.25, -0.2) is 9.67 Å². The van der Waals surface area contributed by atoms with Crippen LogP contribution in [0.25, 0.3) is 22.3 Å². The quantitative estimate of drug-likeness (QED) is 0.207. The molecule has 1 aliphatic carbocycles. The Bertz CT molecular complexity index is 2550. The van der Waals surface area contributed by atoms with Crippen molar-refractivity contribution < 1.29 is 19.1 Å². The van der Waals surface area contributed by atoms with Crippen LogP contribution in [-0.2, 0) is 29.6 Å². The minimum atomic E-state index is -0.372. The highest BCUT2D eigenvalue weighted by Gasteiger charge is 2.34. The number of imidazole rings is 1. The highest BCUT2D eigenvalue weighted by atomic mass is 16.5. The van der Waals surface area contributed by atoms with E-state index in [1.807, 2.05) is 26.1 Å². The van der Waals surface area contributed by atoms with Crippen molar-refractivity contribution in [3.05, 3.63) is 70.8 Å². The van der Waals surface area contributed by atoms with Gasteiger partial charge in [-0.1, -0.05) is 6.92 Å². The van der Waals surface area contributed by atoms with E-state index in [0.717, 1.165) is 118 Å². The highest BCUT2D eigenvalue weighted by Crippen LogP contribution is 2.38. The second-order valence-corrected chi connectivity index (χ2v) is 18.1. The van der Waals surface area contributed by atoms with E-state index in [1.165, 1.54) is 16.9 Å². The lowest BCUT2D eigenvalue weighted by Crippen LogP contribution is -2.53. The first-order valence-electron chi connectivity index (χ1n) is 22.6. The van der Waals surface area contributed by atoms with E-state index < -0.39 is 0 Å². The molecule has 3 atom stereocenters. The SMILES string of the molecule is CCc1cc(C2CCC(=O)NC2=O)nc(C)c1N1CCC(N2CCN(c3ccc4nc5n(c4c3)C[C@@H]3CC[C@H](COc4c(cnn4C)-c4cc(cc(C)n4)C(=O)N5)C3)CC2)CC1. The van der Waals surface area contributed by atoms with Crippen LogP contribution in [0.5, 0.6) is 5.88 Å². The van der Waals surface area contributed by atoms with Gasteiger partial charge in [-0.15, -0.1) is 0 Å². The van der Waals surface area contributed by atoms with Gasteiger partial charge < -0.3 is 19.1 Å². The number of aromatic nitrogens is 6. The number of hydrogen-bond acceptors (Lipinski definition) is 11. The van der Waals surface area contributed by atoms with E-state index in [-0.39, 0.29) is 23.6 Å². The zero-order chi connectivity index (χ0) is 42.6. The second-order valence-electron chi connectivity index (χ2n) is 18.1. The van der Waals surface area contributed by atoms with Crippen molar-refractivity contribution in [2.24, 2.45) is 18.9 Å². The maximum Gasteiger partial charge on any atom is 0.258 e. The minimum absolute atomic E-state index is 0.200. The van der Waals surface area contributed by atoms with Gasteiger partial charge in [0.25, 0.3) is 5.91 Å². The standard InChI is InChI=1S/C47H57N11O4/c1-5-32-22-39(36-9-11-42(59)52-45(36)61)50-29(3)43(32)57-14-12-34(13-15-57)55-16-18-56(19-17-55)35-8-10-38-41(24-35)58-26-30-6-7-31(21-30)27-62-46-37(25-48-54(46)4)40-23-33(20-28(2)49-40)44(60)53-47(58)51-38/h8,10,20,22-25,30-31,34,36H,5-7,9,11-19,21,26-27H2,1-4H3,(H,51,53,60)(H,52,59,61)/t30-,31+,36?/m1/s1. The molecular weight excluding hydrogens is 783 g/mol. The Morgan fingerprint density at radius 3 is 2.44 bits per heavy atom.